The number of furan rings is 2. The summed E-state index contributed by atoms with van der Waals surface area (Å²) in [5.41, 5.74) is 20.5. The minimum Gasteiger partial charge on any atom is -0.535 e. The molecular weight excluding hydrogens is 1750 g/mol. The van der Waals surface area contributed by atoms with Crippen molar-refractivity contribution in [2.45, 2.75) is 0 Å². The summed E-state index contributed by atoms with van der Waals surface area (Å²) in [6.45, 7) is 0. The first-order chi connectivity index (χ1) is 52.3. The van der Waals surface area contributed by atoms with Crippen molar-refractivity contribution in [3.8, 4) is 27.3 Å². The number of nitrogens with zero attached hydrogens (tertiary/aromatic N) is 8. The van der Waals surface area contributed by atoms with E-state index in [1.165, 1.54) is 58.3 Å². The first-order valence-electron chi connectivity index (χ1n) is 35.3. The van der Waals surface area contributed by atoms with Gasteiger partial charge in [-0.1, -0.05) is 210 Å². The van der Waals surface area contributed by atoms with Gasteiger partial charge in [-0.25, -0.2) is 16.3 Å². The Bertz CT molecular complexity index is 6790. The largest absolute Gasteiger partial charge is 3.00 e. The molecule has 0 atom stereocenters. The average molecular weight is 1810 g/mol. The van der Waals surface area contributed by atoms with Crippen molar-refractivity contribution >= 4 is 188 Å². The summed E-state index contributed by atoms with van der Waals surface area (Å²) in [5, 5.41) is 18.0. The van der Waals surface area contributed by atoms with E-state index in [0.29, 0.717) is 5.88 Å². The Morgan fingerprint density at radius 3 is 1.90 bits per heavy atom. The molecule has 0 saturated carbocycles. The molecule has 0 spiro atoms. The van der Waals surface area contributed by atoms with E-state index in [2.05, 4.69) is 361 Å². The molecule has 0 saturated heterocycles. The van der Waals surface area contributed by atoms with Gasteiger partial charge in [0.1, 0.15) is 30.2 Å². The summed E-state index contributed by atoms with van der Waals surface area (Å²) in [6.07, 6.45) is 5.64. The van der Waals surface area contributed by atoms with Crippen molar-refractivity contribution in [2.24, 2.45) is 14.1 Å². The Balaban J connectivity index is 0.000000145. The van der Waals surface area contributed by atoms with Crippen LogP contribution in [0.15, 0.2) is 313 Å². The number of imidazole rings is 1. The fourth-order valence-electron chi connectivity index (χ4n) is 16.2. The Kier molecular flexibility index (Phi) is 16.9. The van der Waals surface area contributed by atoms with E-state index < -0.39 is 17.0 Å². The van der Waals surface area contributed by atoms with Crippen LogP contribution in [-0.2, 0) is 58.9 Å². The van der Waals surface area contributed by atoms with Crippen LogP contribution >= 0.6 is 19.4 Å². The van der Waals surface area contributed by atoms with Crippen molar-refractivity contribution in [1.82, 2.24) is 18.5 Å². The van der Waals surface area contributed by atoms with E-state index in [4.69, 9.17) is 13.8 Å². The molecule has 1 N–H and O–H groups in total. The van der Waals surface area contributed by atoms with Crippen LogP contribution in [-0.4, -0.2) is 29.5 Å². The SMILES string of the molecule is CN1c2ccc(-c3cn(C)c4c3[n-]c[n+]4C)[c-]c2N(c2[c-]c3c4c(ccc3o2)Nc2ccccc2N4[Si](c2ccccc2)c2ccccc2)c2ccccc21.[Au+3].[Au+3].[c-]1coc2cccc(-c3[c-]c4c(cc3)c3ccccc3n4-c3[c-]c4c(ccc5c6ccccc6n([PH+](c6ccccc6)c6ccccc6)c45)s3)c12. The van der Waals surface area contributed by atoms with Gasteiger partial charge in [-0.05, 0) is 121 Å². The standard InChI is InChI=1S/C46H34N7OSi.C46H26N2OPS.2Au/c1-49-28-34(44-46(49)50(2)29-47-44)30-22-24-39-41(26-30)52(40-21-13-12-20-38(40)51(39)3)43-27-33-42(54-43)25-23-36-45(33)53(37-19-11-10-18-35(37)48-36)55(31-14-6-4-7-15-31)32-16-8-5-9-17-32;1-3-12-31(13-4-1)50(32-14-5-2-6-15-32)48-41-20-10-8-17-35(41)38-24-25-44-39(46(38)48)29-45(51-44)47-40-19-9-7-16-34(40)36-23-22-30(28-42(36)47)33-18-11-21-43-37(33)26-27-49-43;;/h4-25,28-29,48H,1-3H3;1-25,27H;;/q-2;-3;2*+3/p+1. The van der Waals surface area contributed by atoms with E-state index >= 15 is 0 Å². The van der Waals surface area contributed by atoms with Crippen LogP contribution in [0, 0.1) is 30.3 Å². The van der Waals surface area contributed by atoms with Crippen LogP contribution < -0.4 is 50.2 Å². The summed E-state index contributed by atoms with van der Waals surface area (Å²) in [6, 6.07) is 121. The summed E-state index contributed by atoms with van der Waals surface area (Å²) < 4.78 is 25.6. The van der Waals surface area contributed by atoms with Crippen molar-refractivity contribution < 1.29 is 58.2 Å². The van der Waals surface area contributed by atoms with E-state index in [9.17, 15) is 0 Å². The zero-order valence-electron chi connectivity index (χ0n) is 58.3. The molecule has 7 aromatic heterocycles. The number of aryl methyl sites for hydroxylation is 2. The van der Waals surface area contributed by atoms with Crippen molar-refractivity contribution in [1.29, 1.82) is 0 Å². The second-order valence-corrected chi connectivity index (χ2v) is 32.6. The summed E-state index contributed by atoms with van der Waals surface area (Å²) in [5.74, 6) is 0.599. The van der Waals surface area contributed by atoms with Crippen molar-refractivity contribution in [3.63, 3.8) is 0 Å². The predicted octanol–water partition coefficient (Wildman–Crippen LogP) is 20.1. The maximum atomic E-state index is 6.94. The number of rotatable bonds is 10. The number of thiophene rings is 1. The second kappa shape index (κ2) is 27.1. The van der Waals surface area contributed by atoms with Gasteiger partial charge >= 0.3 is 44.8 Å². The molecule has 108 heavy (non-hydrogen) atoms. The Morgan fingerprint density at radius 1 is 0.509 bits per heavy atom. The molecule has 2 aliphatic rings. The molecule has 0 fully saturated rings. The summed E-state index contributed by atoms with van der Waals surface area (Å²) in [7, 11) is 3.15. The molecule has 22 rings (SSSR count). The molecule has 0 aliphatic carbocycles. The Hall–Kier alpha value is -11.4. The van der Waals surface area contributed by atoms with Gasteiger partial charge in [0.2, 0.25) is 8.96 Å². The molecule has 521 valence electrons. The molecular formula is C92H61Au2N9O2PSSi+2. The molecule has 0 unspecified atom stereocenters. The van der Waals surface area contributed by atoms with E-state index in [0.717, 1.165) is 122 Å². The van der Waals surface area contributed by atoms with Crippen molar-refractivity contribution in [3.05, 3.63) is 334 Å². The predicted molar refractivity (Wildman–Crippen MR) is 440 cm³/mol. The first-order valence-corrected chi connectivity index (χ1v) is 39.1. The van der Waals surface area contributed by atoms with Gasteiger partial charge in [0, 0.05) is 60.5 Å². The maximum absolute atomic E-state index is 6.94. The number of hydrogen-bond donors (Lipinski definition) is 1. The number of hydrogen-bond acceptors (Lipinski definition) is 7. The number of anilines is 9. The third kappa shape index (κ3) is 10.7. The molecule has 13 aromatic carbocycles. The molecule has 1 radical (unpaired) electrons. The topological polar surface area (TPSA) is 80.8 Å². The van der Waals surface area contributed by atoms with Gasteiger partial charge in [0.05, 0.1) is 34.4 Å². The van der Waals surface area contributed by atoms with Gasteiger partial charge in [0.15, 0.2) is 0 Å². The minimum atomic E-state index is -1.59. The normalized spacial score (nSPS) is 12.4. The minimum absolute atomic E-state index is 0. The first kappa shape index (κ1) is 67.2. The smallest absolute Gasteiger partial charge is 0.535 e. The van der Waals surface area contributed by atoms with Crippen LogP contribution in [0.3, 0.4) is 0 Å². The Morgan fingerprint density at radius 2 is 1.15 bits per heavy atom. The summed E-state index contributed by atoms with van der Waals surface area (Å²) in [4.78, 5) is 9.17. The van der Waals surface area contributed by atoms with Crippen LogP contribution in [0.2, 0.25) is 0 Å². The van der Waals surface area contributed by atoms with E-state index in [1.807, 2.05) is 25.5 Å². The molecule has 20 aromatic rings. The van der Waals surface area contributed by atoms with Crippen LogP contribution in [0.25, 0.3) is 114 Å². The van der Waals surface area contributed by atoms with Crippen molar-refractivity contribution in [2.75, 3.05) is 26.7 Å². The monoisotopic (exact) mass is 1810 g/mol. The van der Waals surface area contributed by atoms with Gasteiger partial charge < -0.3 is 42.2 Å². The Labute approximate surface area is 660 Å². The van der Waals surface area contributed by atoms with Gasteiger partial charge in [-0.3, -0.25) is 4.34 Å². The van der Waals surface area contributed by atoms with E-state index in [-0.39, 0.29) is 44.8 Å². The third-order valence-electron chi connectivity index (χ3n) is 20.9. The number of aromatic nitrogens is 5. The fraction of sp³-hybridized carbons (Fsp3) is 0.0326. The van der Waals surface area contributed by atoms with E-state index in [1.54, 1.807) is 17.6 Å². The average Bonchev–Trinajstić information content (AvgIpc) is 1.52. The molecule has 0 bridgehead atoms. The van der Waals surface area contributed by atoms with Gasteiger partial charge in [0.25, 0.3) is 0 Å². The number of nitrogens with one attached hydrogen (secondary N) is 1. The molecule has 0 amide bonds. The molecule has 2 aliphatic heterocycles. The molecule has 9 heterocycles. The quantitative estimate of drug-likeness (QED) is 0.0632. The number of fused-ring (bicyclic) bond motifs is 16. The number of para-hydroxylation sites is 6. The molecule has 11 nitrogen and oxygen atoms in total. The zero-order chi connectivity index (χ0) is 70.3. The van der Waals surface area contributed by atoms with Crippen LogP contribution in [0.4, 0.5) is 51.4 Å². The van der Waals surface area contributed by atoms with Gasteiger partial charge in [-0.2, -0.15) is 0 Å². The number of benzene rings is 13. The maximum Gasteiger partial charge on any atom is 3.00 e. The van der Waals surface area contributed by atoms with Gasteiger partial charge in [-0.15, -0.1) is 93.5 Å². The second-order valence-electron chi connectivity index (χ2n) is 26.9. The fourth-order valence-corrected chi connectivity index (χ4v) is 22.7. The third-order valence-corrected chi connectivity index (χ3v) is 27.2. The molecule has 16 heteroatoms. The summed E-state index contributed by atoms with van der Waals surface area (Å²) >= 11 is 1.79. The van der Waals surface area contributed by atoms with Crippen LogP contribution in [0.5, 0.6) is 0 Å². The zero-order valence-corrected chi connectivity index (χ0v) is 65.4. The van der Waals surface area contributed by atoms with Crippen LogP contribution in [0.1, 0.15) is 0 Å².